The van der Waals surface area contributed by atoms with Crippen LogP contribution in [0.1, 0.15) is 36.8 Å². The topological polar surface area (TPSA) is 12.5 Å². The summed E-state index contributed by atoms with van der Waals surface area (Å²) in [6, 6.07) is 6.34. The van der Waals surface area contributed by atoms with E-state index in [0.717, 1.165) is 18.8 Å². The minimum atomic E-state index is 0.844. The Balaban J connectivity index is 1.61. The second kappa shape index (κ2) is 6.79. The molecule has 0 unspecified atom stereocenters. The fraction of sp³-hybridized carbons (Fsp3) is 0.625. The molecule has 0 saturated carbocycles. The van der Waals surface area contributed by atoms with Crippen LogP contribution in [0.4, 0.5) is 0 Å². The highest BCUT2D eigenvalue weighted by atomic mass is 16.5. The summed E-state index contributed by atoms with van der Waals surface area (Å²) in [5.74, 6) is 1.01. The number of unbranched alkanes of at least 4 members (excludes halogenated alkanes) is 1. The van der Waals surface area contributed by atoms with Crippen LogP contribution in [0.25, 0.3) is 0 Å². The van der Waals surface area contributed by atoms with Crippen molar-refractivity contribution in [1.82, 2.24) is 4.90 Å². The second-order valence-electron chi connectivity index (χ2n) is 5.35. The standard InChI is InChI=1S/C16H25NO/c1-14-7-8-16(13-15(14)2)18-12-6-5-11-17-9-3-4-10-17/h7-8,13H,3-6,9-12H2,1-2H3. The van der Waals surface area contributed by atoms with Crippen molar-refractivity contribution in [2.24, 2.45) is 0 Å². The quantitative estimate of drug-likeness (QED) is 0.713. The van der Waals surface area contributed by atoms with E-state index >= 15 is 0 Å². The predicted octanol–water partition coefficient (Wildman–Crippen LogP) is 3.56. The predicted molar refractivity (Wildman–Crippen MR) is 76.3 cm³/mol. The van der Waals surface area contributed by atoms with Gasteiger partial charge in [-0.2, -0.15) is 0 Å². The highest BCUT2D eigenvalue weighted by molar-refractivity contribution is 5.33. The van der Waals surface area contributed by atoms with Gasteiger partial charge in [-0.05, 0) is 82.4 Å². The number of benzene rings is 1. The first-order valence-corrected chi connectivity index (χ1v) is 7.18. The molecule has 1 saturated heterocycles. The molecule has 0 aliphatic carbocycles. The van der Waals surface area contributed by atoms with E-state index in [4.69, 9.17) is 4.74 Å². The van der Waals surface area contributed by atoms with Gasteiger partial charge in [-0.1, -0.05) is 6.07 Å². The molecular formula is C16H25NO. The largest absolute Gasteiger partial charge is 0.494 e. The summed E-state index contributed by atoms with van der Waals surface area (Å²) in [5, 5.41) is 0. The summed E-state index contributed by atoms with van der Waals surface area (Å²) in [4.78, 5) is 2.57. The number of nitrogens with zero attached hydrogens (tertiary/aromatic N) is 1. The second-order valence-corrected chi connectivity index (χ2v) is 5.35. The monoisotopic (exact) mass is 247 g/mol. The zero-order valence-electron chi connectivity index (χ0n) is 11.7. The number of hydrogen-bond acceptors (Lipinski definition) is 2. The van der Waals surface area contributed by atoms with Crippen LogP contribution in [0.2, 0.25) is 0 Å². The first kappa shape index (κ1) is 13.4. The molecule has 1 aliphatic rings. The van der Waals surface area contributed by atoms with Crippen molar-refractivity contribution in [3.8, 4) is 5.75 Å². The van der Waals surface area contributed by atoms with E-state index in [0.29, 0.717) is 0 Å². The van der Waals surface area contributed by atoms with Crippen LogP contribution in [-0.2, 0) is 0 Å². The van der Waals surface area contributed by atoms with Gasteiger partial charge >= 0.3 is 0 Å². The smallest absolute Gasteiger partial charge is 0.119 e. The van der Waals surface area contributed by atoms with Gasteiger partial charge in [-0.3, -0.25) is 0 Å². The highest BCUT2D eigenvalue weighted by Crippen LogP contribution is 2.16. The van der Waals surface area contributed by atoms with Gasteiger partial charge in [0.25, 0.3) is 0 Å². The van der Waals surface area contributed by atoms with Crippen LogP contribution in [-0.4, -0.2) is 31.1 Å². The maximum atomic E-state index is 5.79. The molecule has 1 aliphatic heterocycles. The normalized spacial score (nSPS) is 16.1. The molecule has 0 N–H and O–H groups in total. The molecule has 1 heterocycles. The van der Waals surface area contributed by atoms with E-state index in [9.17, 15) is 0 Å². The molecule has 1 aromatic carbocycles. The first-order chi connectivity index (χ1) is 8.75. The summed E-state index contributed by atoms with van der Waals surface area (Å²) in [6.07, 6.45) is 5.19. The molecule has 2 heteroatoms. The Morgan fingerprint density at radius 3 is 2.56 bits per heavy atom. The number of likely N-dealkylation sites (tertiary alicyclic amines) is 1. The van der Waals surface area contributed by atoms with Crippen molar-refractivity contribution in [3.63, 3.8) is 0 Å². The number of rotatable bonds is 6. The molecule has 0 spiro atoms. The van der Waals surface area contributed by atoms with Gasteiger partial charge in [-0.15, -0.1) is 0 Å². The van der Waals surface area contributed by atoms with Crippen LogP contribution in [0, 0.1) is 13.8 Å². The zero-order chi connectivity index (χ0) is 12.8. The van der Waals surface area contributed by atoms with Crippen LogP contribution in [0.15, 0.2) is 18.2 Å². The molecule has 0 aromatic heterocycles. The molecule has 1 fully saturated rings. The molecule has 0 amide bonds. The number of hydrogen-bond donors (Lipinski definition) is 0. The Bertz CT molecular complexity index is 369. The van der Waals surface area contributed by atoms with E-state index in [-0.39, 0.29) is 0 Å². The lowest BCUT2D eigenvalue weighted by atomic mass is 10.1. The lowest BCUT2D eigenvalue weighted by molar-refractivity contribution is 0.279. The zero-order valence-corrected chi connectivity index (χ0v) is 11.7. The SMILES string of the molecule is Cc1ccc(OCCCCN2CCCC2)cc1C. The molecule has 1 aromatic rings. The molecule has 2 rings (SSSR count). The van der Waals surface area contributed by atoms with E-state index in [1.165, 1.54) is 50.0 Å². The molecule has 0 atom stereocenters. The van der Waals surface area contributed by atoms with Crippen molar-refractivity contribution in [3.05, 3.63) is 29.3 Å². The van der Waals surface area contributed by atoms with Crippen LogP contribution < -0.4 is 4.74 Å². The third-order valence-electron chi connectivity index (χ3n) is 3.81. The van der Waals surface area contributed by atoms with E-state index < -0.39 is 0 Å². The maximum absolute atomic E-state index is 5.79. The number of ether oxygens (including phenoxy) is 1. The molecule has 2 nitrogen and oxygen atoms in total. The maximum Gasteiger partial charge on any atom is 0.119 e. The number of aryl methyl sites for hydroxylation is 2. The third-order valence-corrected chi connectivity index (χ3v) is 3.81. The van der Waals surface area contributed by atoms with Crippen LogP contribution in [0.5, 0.6) is 5.75 Å². The lowest BCUT2D eigenvalue weighted by Gasteiger charge is -2.14. The van der Waals surface area contributed by atoms with E-state index in [2.05, 4.69) is 36.9 Å². The van der Waals surface area contributed by atoms with Gasteiger partial charge in [0.1, 0.15) is 5.75 Å². The summed E-state index contributed by atoms with van der Waals surface area (Å²) < 4.78 is 5.79. The van der Waals surface area contributed by atoms with E-state index in [1.54, 1.807) is 0 Å². The summed E-state index contributed by atoms with van der Waals surface area (Å²) in [5.41, 5.74) is 2.64. The van der Waals surface area contributed by atoms with Gasteiger partial charge in [0.15, 0.2) is 0 Å². The Labute approximate surface area is 111 Å². The van der Waals surface area contributed by atoms with Crippen molar-refractivity contribution in [2.45, 2.75) is 39.5 Å². The Morgan fingerprint density at radius 2 is 1.83 bits per heavy atom. The summed E-state index contributed by atoms with van der Waals surface area (Å²) in [6.45, 7) is 8.97. The van der Waals surface area contributed by atoms with Crippen LogP contribution in [0.3, 0.4) is 0 Å². The van der Waals surface area contributed by atoms with Crippen molar-refractivity contribution < 1.29 is 4.74 Å². The Hall–Kier alpha value is -1.02. The van der Waals surface area contributed by atoms with Gasteiger partial charge in [-0.25, -0.2) is 0 Å². The van der Waals surface area contributed by atoms with Crippen LogP contribution >= 0.6 is 0 Å². The van der Waals surface area contributed by atoms with Gasteiger partial charge in [0.05, 0.1) is 6.61 Å². The third kappa shape index (κ3) is 4.02. The fourth-order valence-electron chi connectivity index (χ4n) is 2.44. The average molecular weight is 247 g/mol. The molecule has 100 valence electrons. The van der Waals surface area contributed by atoms with Gasteiger partial charge in [0.2, 0.25) is 0 Å². The molecule has 0 radical (unpaired) electrons. The van der Waals surface area contributed by atoms with Gasteiger partial charge in [0, 0.05) is 0 Å². The molecule has 18 heavy (non-hydrogen) atoms. The average Bonchev–Trinajstić information content (AvgIpc) is 2.86. The lowest BCUT2D eigenvalue weighted by Crippen LogP contribution is -2.20. The van der Waals surface area contributed by atoms with Gasteiger partial charge < -0.3 is 9.64 Å². The summed E-state index contributed by atoms with van der Waals surface area (Å²) in [7, 11) is 0. The Kier molecular flexibility index (Phi) is 5.06. The highest BCUT2D eigenvalue weighted by Gasteiger charge is 2.09. The first-order valence-electron chi connectivity index (χ1n) is 7.18. The van der Waals surface area contributed by atoms with Crippen molar-refractivity contribution in [1.29, 1.82) is 0 Å². The van der Waals surface area contributed by atoms with Crippen molar-refractivity contribution >= 4 is 0 Å². The molecular weight excluding hydrogens is 222 g/mol. The fourth-order valence-corrected chi connectivity index (χ4v) is 2.44. The van der Waals surface area contributed by atoms with Crippen molar-refractivity contribution in [2.75, 3.05) is 26.2 Å². The summed E-state index contributed by atoms with van der Waals surface area (Å²) >= 11 is 0. The minimum Gasteiger partial charge on any atom is -0.494 e. The van der Waals surface area contributed by atoms with E-state index in [1.807, 2.05) is 0 Å². The minimum absolute atomic E-state index is 0.844. The molecule has 0 bridgehead atoms. The Morgan fingerprint density at radius 1 is 1.06 bits per heavy atom.